The molecule has 0 spiro atoms. The second-order valence-corrected chi connectivity index (χ2v) is 6.43. The number of amides is 1. The summed E-state index contributed by atoms with van der Waals surface area (Å²) >= 11 is 17.7. The summed E-state index contributed by atoms with van der Waals surface area (Å²) in [6.45, 7) is 5.61. The largest absolute Gasteiger partial charge is 0.482 e. The van der Waals surface area contributed by atoms with E-state index in [4.69, 9.17) is 39.5 Å². The van der Waals surface area contributed by atoms with Crippen LogP contribution in [0.25, 0.3) is 0 Å². The molecule has 7 heteroatoms. The van der Waals surface area contributed by atoms with Crippen LogP contribution in [0.1, 0.15) is 20.8 Å². The SMILES string of the molecule is CCN(CC(C)(C)O)C(=O)COc1cc(Cl)c(Cl)cc1Cl. The zero-order chi connectivity index (χ0) is 16.2. The summed E-state index contributed by atoms with van der Waals surface area (Å²) in [5.41, 5.74) is -0.965. The summed E-state index contributed by atoms with van der Waals surface area (Å²) in [4.78, 5) is 13.6. The Balaban J connectivity index is 2.70. The van der Waals surface area contributed by atoms with Crippen LogP contribution < -0.4 is 4.74 Å². The number of aliphatic hydroxyl groups is 1. The number of rotatable bonds is 6. The number of nitrogens with zero attached hydrogens (tertiary/aromatic N) is 1. The minimum Gasteiger partial charge on any atom is -0.482 e. The molecule has 1 aromatic carbocycles. The maximum absolute atomic E-state index is 12.1. The monoisotopic (exact) mass is 353 g/mol. The maximum atomic E-state index is 12.1. The molecule has 0 aliphatic rings. The Morgan fingerprint density at radius 3 is 2.33 bits per heavy atom. The number of ether oxygens (including phenoxy) is 1. The van der Waals surface area contributed by atoms with Crippen molar-refractivity contribution in [2.75, 3.05) is 19.7 Å². The van der Waals surface area contributed by atoms with Crippen LogP contribution in [0, 0.1) is 0 Å². The Morgan fingerprint density at radius 2 is 1.81 bits per heavy atom. The highest BCUT2D eigenvalue weighted by Gasteiger charge is 2.21. The normalized spacial score (nSPS) is 11.4. The molecule has 1 rings (SSSR count). The van der Waals surface area contributed by atoms with Crippen molar-refractivity contribution in [1.82, 2.24) is 4.90 Å². The number of benzene rings is 1. The topological polar surface area (TPSA) is 49.8 Å². The van der Waals surface area contributed by atoms with Crippen LogP contribution in [-0.4, -0.2) is 41.2 Å². The summed E-state index contributed by atoms with van der Waals surface area (Å²) in [7, 11) is 0. The van der Waals surface area contributed by atoms with Gasteiger partial charge in [0.05, 0.1) is 20.7 Å². The highest BCUT2D eigenvalue weighted by atomic mass is 35.5. The Kier molecular flexibility index (Phi) is 6.60. The minimum atomic E-state index is -0.965. The summed E-state index contributed by atoms with van der Waals surface area (Å²) in [5, 5.41) is 10.7. The van der Waals surface area contributed by atoms with E-state index in [0.29, 0.717) is 22.3 Å². The Hall–Kier alpha value is -0.680. The lowest BCUT2D eigenvalue weighted by Gasteiger charge is -2.28. The van der Waals surface area contributed by atoms with Crippen molar-refractivity contribution in [3.8, 4) is 5.75 Å². The number of carbonyl (C=O) groups excluding carboxylic acids is 1. The van der Waals surface area contributed by atoms with E-state index >= 15 is 0 Å². The van der Waals surface area contributed by atoms with Crippen molar-refractivity contribution >= 4 is 40.7 Å². The molecule has 0 saturated heterocycles. The van der Waals surface area contributed by atoms with Crippen LogP contribution in [0.4, 0.5) is 0 Å². The predicted molar refractivity (Wildman–Crippen MR) is 85.5 cm³/mol. The maximum Gasteiger partial charge on any atom is 0.260 e. The quantitative estimate of drug-likeness (QED) is 0.793. The number of halogens is 3. The molecule has 0 aliphatic carbocycles. The van der Waals surface area contributed by atoms with E-state index in [0.717, 1.165) is 0 Å². The first-order valence-corrected chi connectivity index (χ1v) is 7.55. The molecular weight excluding hydrogens is 337 g/mol. The fourth-order valence-electron chi connectivity index (χ4n) is 1.69. The summed E-state index contributed by atoms with van der Waals surface area (Å²) in [6.07, 6.45) is 0. The van der Waals surface area contributed by atoms with Gasteiger partial charge in [-0.05, 0) is 26.8 Å². The standard InChI is InChI=1S/C14H18Cl3NO3/c1-4-18(8-14(2,3)20)13(19)7-21-12-6-10(16)9(15)5-11(12)17/h5-6,20H,4,7-8H2,1-3H3. The molecule has 1 aromatic rings. The second kappa shape index (κ2) is 7.54. The van der Waals surface area contributed by atoms with E-state index in [1.807, 2.05) is 6.92 Å². The summed E-state index contributed by atoms with van der Waals surface area (Å²) < 4.78 is 5.38. The molecule has 0 radical (unpaired) electrons. The zero-order valence-electron chi connectivity index (χ0n) is 12.1. The number of carbonyl (C=O) groups is 1. The van der Waals surface area contributed by atoms with Gasteiger partial charge in [-0.15, -0.1) is 0 Å². The highest BCUT2D eigenvalue weighted by Crippen LogP contribution is 2.33. The van der Waals surface area contributed by atoms with Crippen LogP contribution in [0.5, 0.6) is 5.75 Å². The summed E-state index contributed by atoms with van der Waals surface area (Å²) in [5.74, 6) is 0.0421. The van der Waals surface area contributed by atoms with Crippen molar-refractivity contribution in [1.29, 1.82) is 0 Å². The lowest BCUT2D eigenvalue weighted by atomic mass is 10.1. The third-order valence-electron chi connectivity index (χ3n) is 2.64. The average molecular weight is 355 g/mol. The van der Waals surface area contributed by atoms with Crippen molar-refractivity contribution < 1.29 is 14.6 Å². The molecule has 4 nitrogen and oxygen atoms in total. The second-order valence-electron chi connectivity index (χ2n) is 5.21. The zero-order valence-corrected chi connectivity index (χ0v) is 14.4. The Labute approximate surface area is 139 Å². The van der Waals surface area contributed by atoms with Gasteiger partial charge in [-0.1, -0.05) is 34.8 Å². The molecular formula is C14H18Cl3NO3. The van der Waals surface area contributed by atoms with Gasteiger partial charge >= 0.3 is 0 Å². The molecule has 1 N–H and O–H groups in total. The number of hydrogen-bond donors (Lipinski definition) is 1. The van der Waals surface area contributed by atoms with Gasteiger partial charge in [-0.3, -0.25) is 4.79 Å². The molecule has 0 fully saturated rings. The van der Waals surface area contributed by atoms with Crippen LogP contribution in [0.3, 0.4) is 0 Å². The highest BCUT2D eigenvalue weighted by molar-refractivity contribution is 6.43. The molecule has 0 heterocycles. The van der Waals surface area contributed by atoms with E-state index in [9.17, 15) is 9.90 Å². The van der Waals surface area contributed by atoms with Crippen LogP contribution in [0.15, 0.2) is 12.1 Å². The molecule has 0 bridgehead atoms. The molecule has 0 atom stereocenters. The van der Waals surface area contributed by atoms with Crippen LogP contribution in [-0.2, 0) is 4.79 Å². The Morgan fingerprint density at radius 1 is 1.24 bits per heavy atom. The molecule has 0 aromatic heterocycles. The van der Waals surface area contributed by atoms with Crippen LogP contribution >= 0.6 is 34.8 Å². The average Bonchev–Trinajstić information content (AvgIpc) is 2.37. The fourth-order valence-corrected chi connectivity index (χ4v) is 2.28. The molecule has 0 unspecified atom stereocenters. The number of likely N-dealkylation sites (N-methyl/N-ethyl adjacent to an activating group) is 1. The van der Waals surface area contributed by atoms with Crippen LogP contribution in [0.2, 0.25) is 15.1 Å². The van der Waals surface area contributed by atoms with Gasteiger partial charge in [0.1, 0.15) is 5.75 Å². The van der Waals surface area contributed by atoms with E-state index in [-0.39, 0.29) is 24.1 Å². The Bertz CT molecular complexity index is 515. The molecule has 0 saturated carbocycles. The van der Waals surface area contributed by atoms with Gasteiger partial charge in [0.15, 0.2) is 6.61 Å². The summed E-state index contributed by atoms with van der Waals surface area (Å²) in [6, 6.07) is 2.92. The smallest absolute Gasteiger partial charge is 0.260 e. The van der Waals surface area contributed by atoms with Crippen molar-refractivity contribution in [3.63, 3.8) is 0 Å². The minimum absolute atomic E-state index is 0.193. The lowest BCUT2D eigenvalue weighted by molar-refractivity contribution is -0.136. The van der Waals surface area contributed by atoms with Gasteiger partial charge in [0.25, 0.3) is 5.91 Å². The third kappa shape index (κ3) is 5.91. The third-order valence-corrected chi connectivity index (χ3v) is 3.66. The first-order valence-electron chi connectivity index (χ1n) is 6.41. The van der Waals surface area contributed by atoms with Gasteiger partial charge in [0.2, 0.25) is 0 Å². The van der Waals surface area contributed by atoms with Crippen molar-refractivity contribution in [2.45, 2.75) is 26.4 Å². The van der Waals surface area contributed by atoms with Gasteiger partial charge < -0.3 is 14.7 Å². The van der Waals surface area contributed by atoms with Gasteiger partial charge in [-0.2, -0.15) is 0 Å². The van der Waals surface area contributed by atoms with Gasteiger partial charge in [-0.25, -0.2) is 0 Å². The van der Waals surface area contributed by atoms with Crippen molar-refractivity contribution in [3.05, 3.63) is 27.2 Å². The first-order chi connectivity index (χ1) is 9.64. The number of hydrogen-bond acceptors (Lipinski definition) is 3. The first kappa shape index (κ1) is 18.4. The fraction of sp³-hybridized carbons (Fsp3) is 0.500. The lowest BCUT2D eigenvalue weighted by Crippen LogP contribution is -2.44. The van der Waals surface area contributed by atoms with E-state index < -0.39 is 5.60 Å². The van der Waals surface area contributed by atoms with E-state index in [1.54, 1.807) is 13.8 Å². The van der Waals surface area contributed by atoms with E-state index in [1.165, 1.54) is 17.0 Å². The molecule has 118 valence electrons. The molecule has 1 amide bonds. The van der Waals surface area contributed by atoms with Gasteiger partial charge in [0, 0.05) is 19.2 Å². The molecule has 21 heavy (non-hydrogen) atoms. The molecule has 0 aliphatic heterocycles. The van der Waals surface area contributed by atoms with Crippen molar-refractivity contribution in [2.24, 2.45) is 0 Å². The predicted octanol–water partition coefficient (Wildman–Crippen LogP) is 3.65. The van der Waals surface area contributed by atoms with E-state index in [2.05, 4.69) is 0 Å².